The van der Waals surface area contributed by atoms with Gasteiger partial charge in [0.05, 0.1) is 10.4 Å². The second-order valence-electron chi connectivity index (χ2n) is 7.29. The molecule has 5 rings (SSSR count). The minimum atomic E-state index is -1.92. The maximum absolute atomic E-state index is 14.6. The van der Waals surface area contributed by atoms with Crippen molar-refractivity contribution in [2.45, 2.75) is 0 Å². The first kappa shape index (κ1) is 22.3. The molecule has 3 aromatic carbocycles. The minimum Gasteiger partial charge on any atom is -0.452 e. The summed E-state index contributed by atoms with van der Waals surface area (Å²) < 4.78 is 96.3. The van der Waals surface area contributed by atoms with Crippen molar-refractivity contribution in [2.75, 3.05) is 0 Å². The summed E-state index contributed by atoms with van der Waals surface area (Å²) in [5.74, 6) is -10.8. The zero-order chi connectivity index (χ0) is 26.0. The lowest BCUT2D eigenvalue weighted by Gasteiger charge is -2.00. The molecule has 12 heteroatoms. The molecule has 0 aliphatic rings. The van der Waals surface area contributed by atoms with Crippen LogP contribution in [-0.4, -0.2) is 0 Å². The summed E-state index contributed by atoms with van der Waals surface area (Å²) in [6.07, 6.45) is 0. The molecule has 6 nitrogen and oxygen atoms in total. The van der Waals surface area contributed by atoms with Crippen LogP contribution in [0.3, 0.4) is 0 Å². The highest BCUT2D eigenvalue weighted by molar-refractivity contribution is 6.18. The number of rotatable bonds is 0. The molecule has 0 saturated heterocycles. The molecular formula is C24H2F6N4O2. The summed E-state index contributed by atoms with van der Waals surface area (Å²) in [7, 11) is 0. The van der Waals surface area contributed by atoms with Gasteiger partial charge in [0, 0.05) is 21.5 Å². The summed E-state index contributed by atoms with van der Waals surface area (Å²) in [5, 5.41) is 35.1. The molecule has 0 radical (unpaired) electrons. The standard InChI is InChI=1S/C24H2F6N4O2/c25-11-1-9-15-13(7(3-31)4-32)24-16(10-2-12(26)18(28)20(30)22(10)36-24)14(8(5-33)6-34)23(15)35-21(9)19(29)17(11)27/h1-2H. The average Bonchev–Trinajstić information content (AvgIpc) is 3.42. The van der Waals surface area contributed by atoms with E-state index in [2.05, 4.69) is 0 Å². The fraction of sp³-hybridized carbons (Fsp3) is 0. The molecule has 0 amide bonds. The van der Waals surface area contributed by atoms with Crippen molar-refractivity contribution < 1.29 is 35.2 Å². The number of hydrogen-bond donors (Lipinski definition) is 0. The van der Waals surface area contributed by atoms with E-state index in [0.29, 0.717) is 12.1 Å². The van der Waals surface area contributed by atoms with Crippen molar-refractivity contribution >= 4 is 55.0 Å². The van der Waals surface area contributed by atoms with Gasteiger partial charge in [-0.15, -0.1) is 0 Å². The van der Waals surface area contributed by atoms with Gasteiger partial charge in [-0.2, -0.15) is 29.8 Å². The van der Waals surface area contributed by atoms with E-state index in [1.165, 1.54) is 24.3 Å². The van der Waals surface area contributed by atoms with Crippen LogP contribution < -0.4 is 10.4 Å². The van der Waals surface area contributed by atoms with Crippen LogP contribution in [0.5, 0.6) is 0 Å². The molecule has 5 aromatic rings. The van der Waals surface area contributed by atoms with Crippen LogP contribution in [0.4, 0.5) is 26.3 Å². The normalized spacial score (nSPS) is 10.9. The largest absolute Gasteiger partial charge is 0.452 e. The van der Waals surface area contributed by atoms with E-state index in [0.717, 1.165) is 0 Å². The smallest absolute Gasteiger partial charge is 0.204 e. The van der Waals surface area contributed by atoms with E-state index in [1.54, 1.807) is 0 Å². The first-order valence-electron chi connectivity index (χ1n) is 9.50. The van der Waals surface area contributed by atoms with Crippen LogP contribution in [-0.2, 0) is 0 Å². The third kappa shape index (κ3) is 2.64. The second kappa shape index (κ2) is 7.53. The van der Waals surface area contributed by atoms with Gasteiger partial charge in [0.25, 0.3) is 0 Å². The molecule has 0 saturated carbocycles. The SMILES string of the molecule is N#CC(C#N)=c1c2oc3c(F)c(F)c(F)cc3c2c(=C(C#N)C#N)c2oc3c(F)c(F)c(F)cc3c12. The van der Waals surface area contributed by atoms with E-state index >= 15 is 0 Å². The van der Waals surface area contributed by atoms with Crippen molar-refractivity contribution in [1.29, 1.82) is 21.0 Å². The summed E-state index contributed by atoms with van der Waals surface area (Å²) in [6.45, 7) is 0. The lowest BCUT2D eigenvalue weighted by Crippen LogP contribution is -2.16. The quantitative estimate of drug-likeness (QED) is 0.228. The van der Waals surface area contributed by atoms with Gasteiger partial charge < -0.3 is 8.83 Å². The molecule has 0 bridgehead atoms. The van der Waals surface area contributed by atoms with E-state index < -0.39 is 100 Å². The van der Waals surface area contributed by atoms with Crippen molar-refractivity contribution in [1.82, 2.24) is 0 Å². The molecule has 0 fully saturated rings. The molecule has 0 N–H and O–H groups in total. The zero-order valence-electron chi connectivity index (χ0n) is 17.0. The third-order valence-corrected chi connectivity index (χ3v) is 5.54. The second-order valence-corrected chi connectivity index (χ2v) is 7.29. The summed E-state index contributed by atoms with van der Waals surface area (Å²) in [6, 6.07) is 7.03. The van der Waals surface area contributed by atoms with Crippen LogP contribution in [0.25, 0.3) is 55.0 Å². The van der Waals surface area contributed by atoms with Crippen LogP contribution in [0, 0.1) is 80.2 Å². The fourth-order valence-electron chi connectivity index (χ4n) is 4.10. The molecule has 36 heavy (non-hydrogen) atoms. The maximum atomic E-state index is 14.6. The van der Waals surface area contributed by atoms with Crippen LogP contribution in [0.2, 0.25) is 0 Å². The van der Waals surface area contributed by atoms with Crippen molar-refractivity contribution in [3.8, 4) is 24.3 Å². The zero-order valence-corrected chi connectivity index (χ0v) is 17.0. The van der Waals surface area contributed by atoms with Crippen LogP contribution >= 0.6 is 0 Å². The van der Waals surface area contributed by atoms with Crippen molar-refractivity contribution in [3.63, 3.8) is 0 Å². The number of hydrogen-bond acceptors (Lipinski definition) is 6. The molecular weight excluding hydrogens is 490 g/mol. The van der Waals surface area contributed by atoms with Gasteiger partial charge in [0.1, 0.15) is 46.6 Å². The number of benzene rings is 3. The Bertz CT molecular complexity index is 1980. The Hall–Kier alpha value is -5.46. The Kier molecular flexibility index (Phi) is 4.67. The molecule has 172 valence electrons. The number of furan rings is 2. The van der Waals surface area contributed by atoms with E-state index in [9.17, 15) is 47.4 Å². The van der Waals surface area contributed by atoms with Gasteiger partial charge >= 0.3 is 0 Å². The molecule has 0 spiro atoms. The summed E-state index contributed by atoms with van der Waals surface area (Å²) >= 11 is 0. The lowest BCUT2D eigenvalue weighted by atomic mass is 9.98. The highest BCUT2D eigenvalue weighted by Crippen LogP contribution is 2.35. The number of nitriles is 4. The molecule has 0 unspecified atom stereocenters. The van der Waals surface area contributed by atoms with E-state index in [4.69, 9.17) is 8.83 Å². The molecule has 0 aliphatic heterocycles. The van der Waals surface area contributed by atoms with Crippen LogP contribution in [0.15, 0.2) is 21.0 Å². The Labute approximate surface area is 193 Å². The fourth-order valence-corrected chi connectivity index (χ4v) is 4.10. The summed E-state index contributed by atoms with van der Waals surface area (Å²) in [5.41, 5.74) is -4.61. The van der Waals surface area contributed by atoms with Crippen molar-refractivity contribution in [3.05, 3.63) is 57.5 Å². The van der Waals surface area contributed by atoms with Gasteiger partial charge in [-0.1, -0.05) is 0 Å². The van der Waals surface area contributed by atoms with Crippen molar-refractivity contribution in [2.24, 2.45) is 0 Å². The predicted octanol–water partition coefficient (Wildman–Crippen LogP) is 4.72. The summed E-state index contributed by atoms with van der Waals surface area (Å²) in [4.78, 5) is 0. The third-order valence-electron chi connectivity index (χ3n) is 5.54. The predicted molar refractivity (Wildman–Crippen MR) is 109 cm³/mol. The molecule has 0 atom stereocenters. The van der Waals surface area contributed by atoms with Crippen LogP contribution in [0.1, 0.15) is 0 Å². The average molecular weight is 492 g/mol. The number of fused-ring (bicyclic) bond motifs is 6. The molecule has 2 heterocycles. The van der Waals surface area contributed by atoms with Gasteiger partial charge in [-0.25, -0.2) is 17.6 Å². The molecule has 2 aromatic heterocycles. The molecule has 0 aliphatic carbocycles. The Morgan fingerprint density at radius 3 is 1.17 bits per heavy atom. The van der Waals surface area contributed by atoms with Gasteiger partial charge in [-0.3, -0.25) is 0 Å². The Balaban J connectivity index is 2.38. The van der Waals surface area contributed by atoms with Gasteiger partial charge in [0.15, 0.2) is 34.4 Å². The van der Waals surface area contributed by atoms with E-state index in [1.807, 2.05) is 0 Å². The lowest BCUT2D eigenvalue weighted by molar-refractivity contribution is 0.444. The first-order valence-corrected chi connectivity index (χ1v) is 9.50. The highest BCUT2D eigenvalue weighted by Gasteiger charge is 2.28. The highest BCUT2D eigenvalue weighted by atomic mass is 19.2. The first-order chi connectivity index (χ1) is 17.2. The Morgan fingerprint density at radius 1 is 0.528 bits per heavy atom. The van der Waals surface area contributed by atoms with Gasteiger partial charge in [0.2, 0.25) is 11.6 Å². The number of halogens is 6. The minimum absolute atomic E-state index is 0.466. The Morgan fingerprint density at radius 2 is 0.861 bits per heavy atom. The van der Waals surface area contributed by atoms with Gasteiger partial charge in [-0.05, 0) is 12.1 Å². The monoisotopic (exact) mass is 492 g/mol. The number of nitrogens with zero attached hydrogens (tertiary/aromatic N) is 4. The topological polar surface area (TPSA) is 121 Å². The van der Waals surface area contributed by atoms with E-state index in [-0.39, 0.29) is 0 Å². The maximum Gasteiger partial charge on any atom is 0.204 e.